The second-order valence-corrected chi connectivity index (χ2v) is 5.97. The Kier molecular flexibility index (Phi) is 3.48. The van der Waals surface area contributed by atoms with E-state index in [1.165, 1.54) is 24.3 Å². The molecule has 0 fully saturated rings. The van der Waals surface area contributed by atoms with Crippen molar-refractivity contribution in [1.29, 1.82) is 0 Å². The largest absolute Gasteiger partial charge is 0.268 e. The summed E-state index contributed by atoms with van der Waals surface area (Å²) in [5.74, 6) is 0.0505. The summed E-state index contributed by atoms with van der Waals surface area (Å²) in [6.07, 6.45) is 0. The highest BCUT2D eigenvalue weighted by Crippen LogP contribution is 2.17. The predicted octanol–water partition coefficient (Wildman–Crippen LogP) is 1.33. The highest BCUT2D eigenvalue weighted by Gasteiger charge is 2.14. The van der Waals surface area contributed by atoms with Crippen molar-refractivity contribution in [2.24, 2.45) is 0 Å². The topological polar surface area (TPSA) is 91.9 Å². The zero-order valence-corrected chi connectivity index (χ0v) is 11.3. The standard InChI is InChI=1S/C10H8BrN3O3S/c11-7-2-1-3-8(6-7)18(16,17)14-9-4-5-10(15)13-12-9/h1-6H,(H,12,14)(H,13,15). The lowest BCUT2D eigenvalue weighted by Gasteiger charge is -2.06. The van der Waals surface area contributed by atoms with Gasteiger partial charge in [-0.15, -0.1) is 0 Å². The minimum Gasteiger partial charge on any atom is -0.268 e. The average molecular weight is 330 g/mol. The fraction of sp³-hybridized carbons (Fsp3) is 0. The van der Waals surface area contributed by atoms with E-state index in [0.717, 1.165) is 0 Å². The van der Waals surface area contributed by atoms with Gasteiger partial charge in [0.25, 0.3) is 15.6 Å². The number of sulfonamides is 1. The van der Waals surface area contributed by atoms with Crippen LogP contribution in [-0.2, 0) is 10.0 Å². The quantitative estimate of drug-likeness (QED) is 0.888. The number of hydrogen-bond acceptors (Lipinski definition) is 4. The van der Waals surface area contributed by atoms with Gasteiger partial charge in [0.1, 0.15) is 0 Å². The van der Waals surface area contributed by atoms with E-state index in [4.69, 9.17) is 0 Å². The van der Waals surface area contributed by atoms with E-state index in [1.54, 1.807) is 12.1 Å². The summed E-state index contributed by atoms with van der Waals surface area (Å²) in [6, 6.07) is 8.73. The van der Waals surface area contributed by atoms with Crippen LogP contribution in [0.4, 0.5) is 5.82 Å². The maximum atomic E-state index is 12.0. The molecule has 6 nitrogen and oxygen atoms in total. The molecule has 0 aliphatic carbocycles. The molecule has 2 rings (SSSR count). The van der Waals surface area contributed by atoms with Crippen molar-refractivity contribution in [1.82, 2.24) is 10.2 Å². The van der Waals surface area contributed by atoms with Crippen molar-refractivity contribution >= 4 is 31.8 Å². The molecule has 0 amide bonds. The van der Waals surface area contributed by atoms with Crippen LogP contribution < -0.4 is 10.3 Å². The second kappa shape index (κ2) is 4.91. The van der Waals surface area contributed by atoms with E-state index in [9.17, 15) is 13.2 Å². The van der Waals surface area contributed by atoms with E-state index >= 15 is 0 Å². The van der Waals surface area contributed by atoms with Gasteiger partial charge >= 0.3 is 0 Å². The van der Waals surface area contributed by atoms with E-state index < -0.39 is 15.6 Å². The summed E-state index contributed by atoms with van der Waals surface area (Å²) in [5.41, 5.74) is -0.402. The predicted molar refractivity (Wildman–Crippen MR) is 69.8 cm³/mol. The maximum absolute atomic E-state index is 12.0. The molecular weight excluding hydrogens is 322 g/mol. The number of rotatable bonds is 3. The summed E-state index contributed by atoms with van der Waals surface area (Å²) in [6.45, 7) is 0. The first kappa shape index (κ1) is 12.8. The monoisotopic (exact) mass is 329 g/mol. The molecule has 0 saturated carbocycles. The number of hydrogen-bond donors (Lipinski definition) is 2. The van der Waals surface area contributed by atoms with Gasteiger partial charge in [-0.2, -0.15) is 5.10 Å². The summed E-state index contributed by atoms with van der Waals surface area (Å²) in [7, 11) is -3.71. The van der Waals surface area contributed by atoms with Gasteiger partial charge in [-0.25, -0.2) is 13.5 Å². The molecule has 0 saturated heterocycles. The highest BCUT2D eigenvalue weighted by molar-refractivity contribution is 9.10. The summed E-state index contributed by atoms with van der Waals surface area (Å²) >= 11 is 3.19. The number of anilines is 1. The Morgan fingerprint density at radius 3 is 2.61 bits per heavy atom. The number of nitrogens with one attached hydrogen (secondary N) is 2. The fourth-order valence-corrected chi connectivity index (χ4v) is 2.83. The minimum absolute atomic E-state index is 0.0505. The third-order valence-electron chi connectivity index (χ3n) is 2.02. The van der Waals surface area contributed by atoms with Crippen molar-refractivity contribution in [2.75, 3.05) is 4.72 Å². The van der Waals surface area contributed by atoms with E-state index in [2.05, 4.69) is 30.8 Å². The molecule has 94 valence electrons. The van der Waals surface area contributed by atoms with Gasteiger partial charge in [0.05, 0.1) is 4.90 Å². The molecule has 1 aromatic heterocycles. The van der Waals surface area contributed by atoms with Gasteiger partial charge in [-0.1, -0.05) is 22.0 Å². The maximum Gasteiger partial charge on any atom is 0.264 e. The van der Waals surface area contributed by atoms with Gasteiger partial charge in [-0.05, 0) is 24.3 Å². The number of halogens is 1. The Labute approximate surface area is 111 Å². The molecule has 1 aromatic carbocycles. The smallest absolute Gasteiger partial charge is 0.264 e. The first-order valence-electron chi connectivity index (χ1n) is 4.81. The van der Waals surface area contributed by atoms with Crippen LogP contribution in [0.25, 0.3) is 0 Å². The number of nitrogens with zero attached hydrogens (tertiary/aromatic N) is 1. The lowest BCUT2D eigenvalue weighted by atomic mass is 10.4. The molecule has 8 heteroatoms. The second-order valence-electron chi connectivity index (χ2n) is 3.37. The molecule has 0 spiro atoms. The first-order chi connectivity index (χ1) is 8.47. The van der Waals surface area contributed by atoms with Crippen molar-refractivity contribution in [2.45, 2.75) is 4.90 Å². The Morgan fingerprint density at radius 1 is 1.22 bits per heavy atom. The number of H-pyrrole nitrogens is 1. The van der Waals surface area contributed by atoms with Crippen molar-refractivity contribution in [3.05, 3.63) is 51.2 Å². The van der Waals surface area contributed by atoms with E-state index in [0.29, 0.717) is 4.47 Å². The Morgan fingerprint density at radius 2 is 2.00 bits per heavy atom. The molecule has 2 N–H and O–H groups in total. The van der Waals surface area contributed by atoms with Crippen LogP contribution >= 0.6 is 15.9 Å². The van der Waals surface area contributed by atoms with Gasteiger partial charge in [0, 0.05) is 10.5 Å². The third-order valence-corrected chi connectivity index (χ3v) is 3.87. The fourth-order valence-electron chi connectivity index (χ4n) is 1.23. The Bertz CT molecular complexity index is 707. The van der Waals surface area contributed by atoms with Crippen LogP contribution in [0.5, 0.6) is 0 Å². The van der Waals surface area contributed by atoms with Crippen LogP contribution in [-0.4, -0.2) is 18.6 Å². The van der Waals surface area contributed by atoms with Gasteiger partial charge in [0.2, 0.25) is 0 Å². The molecule has 0 unspecified atom stereocenters. The van der Waals surface area contributed by atoms with Crippen LogP contribution in [0, 0.1) is 0 Å². The van der Waals surface area contributed by atoms with Crippen molar-refractivity contribution in [3.8, 4) is 0 Å². The average Bonchev–Trinajstić information content (AvgIpc) is 2.32. The highest BCUT2D eigenvalue weighted by atomic mass is 79.9. The minimum atomic E-state index is -3.71. The molecule has 18 heavy (non-hydrogen) atoms. The number of aromatic nitrogens is 2. The normalized spacial score (nSPS) is 11.2. The van der Waals surface area contributed by atoms with Gasteiger partial charge in [-0.3, -0.25) is 9.52 Å². The molecule has 0 aliphatic rings. The summed E-state index contributed by atoms with van der Waals surface area (Å²) in [4.78, 5) is 10.9. The zero-order valence-electron chi connectivity index (χ0n) is 8.92. The number of benzene rings is 1. The third kappa shape index (κ3) is 2.96. The Balaban J connectivity index is 2.33. The molecular formula is C10H8BrN3O3S. The summed E-state index contributed by atoms with van der Waals surface area (Å²) < 4.78 is 26.9. The first-order valence-corrected chi connectivity index (χ1v) is 7.09. The molecule has 0 bridgehead atoms. The van der Waals surface area contributed by atoms with Crippen LogP contribution in [0.15, 0.2) is 50.6 Å². The van der Waals surface area contributed by atoms with E-state index in [-0.39, 0.29) is 10.7 Å². The number of aromatic amines is 1. The molecule has 2 aromatic rings. The van der Waals surface area contributed by atoms with Crippen LogP contribution in [0.1, 0.15) is 0 Å². The Hall–Kier alpha value is -1.67. The molecule has 0 radical (unpaired) electrons. The zero-order chi connectivity index (χ0) is 13.2. The van der Waals surface area contributed by atoms with Crippen LogP contribution in [0.3, 0.4) is 0 Å². The molecule has 1 heterocycles. The summed E-state index contributed by atoms with van der Waals surface area (Å²) in [5, 5.41) is 5.72. The van der Waals surface area contributed by atoms with E-state index in [1.807, 2.05) is 0 Å². The molecule has 0 atom stereocenters. The van der Waals surface area contributed by atoms with Crippen molar-refractivity contribution < 1.29 is 8.42 Å². The lowest BCUT2D eigenvalue weighted by Crippen LogP contribution is -2.16. The van der Waals surface area contributed by atoms with Gasteiger partial charge in [0.15, 0.2) is 5.82 Å². The van der Waals surface area contributed by atoms with Crippen LogP contribution in [0.2, 0.25) is 0 Å². The van der Waals surface area contributed by atoms with Crippen molar-refractivity contribution in [3.63, 3.8) is 0 Å². The molecule has 0 aliphatic heterocycles. The SMILES string of the molecule is O=c1ccc(NS(=O)(=O)c2cccc(Br)c2)n[nH]1. The lowest BCUT2D eigenvalue weighted by molar-refractivity contribution is 0.601. The van der Waals surface area contributed by atoms with Gasteiger partial charge < -0.3 is 0 Å².